The molecule has 1 aliphatic heterocycles. The van der Waals surface area contributed by atoms with Gasteiger partial charge in [-0.1, -0.05) is 25.1 Å². The molecule has 5 nitrogen and oxygen atoms in total. The molecule has 1 unspecified atom stereocenters. The Morgan fingerprint density at radius 3 is 2.43 bits per heavy atom. The number of fused-ring (bicyclic) bond motifs is 3. The minimum absolute atomic E-state index is 0.0743. The van der Waals surface area contributed by atoms with Crippen molar-refractivity contribution in [2.45, 2.75) is 13.3 Å². The summed E-state index contributed by atoms with van der Waals surface area (Å²) in [6.45, 7) is 1.97. The Kier molecular flexibility index (Phi) is 4.48. The molecule has 0 amide bonds. The molecule has 2 aromatic rings. The third-order valence-corrected chi connectivity index (χ3v) is 5.34. The smallest absolute Gasteiger partial charge is 0.139 e. The van der Waals surface area contributed by atoms with Crippen LogP contribution in [0.5, 0.6) is 0 Å². The van der Waals surface area contributed by atoms with Gasteiger partial charge in [0.1, 0.15) is 35.7 Å². The molecule has 0 N–H and O–H groups in total. The highest BCUT2D eigenvalue weighted by Crippen LogP contribution is 2.48. The summed E-state index contributed by atoms with van der Waals surface area (Å²) >= 11 is 0. The summed E-state index contributed by atoms with van der Waals surface area (Å²) in [6.07, 6.45) is 2.52. The van der Waals surface area contributed by atoms with Gasteiger partial charge in [0.25, 0.3) is 0 Å². The molecule has 1 aliphatic carbocycles. The van der Waals surface area contributed by atoms with E-state index in [4.69, 9.17) is 4.99 Å². The minimum Gasteiger partial charge on any atom is -0.247 e. The van der Waals surface area contributed by atoms with Gasteiger partial charge in [-0.15, -0.1) is 0 Å². The number of halogens is 1. The predicted octanol–water partition coefficient (Wildman–Crippen LogP) is 3.23. The first-order chi connectivity index (χ1) is 14.5. The van der Waals surface area contributed by atoms with E-state index in [0.717, 1.165) is 5.57 Å². The number of allylic oxidation sites excluding steroid dienone is 3. The average Bonchev–Trinajstić information content (AvgIpc) is 3.06. The summed E-state index contributed by atoms with van der Waals surface area (Å²) < 4.78 is 14.8. The summed E-state index contributed by atoms with van der Waals surface area (Å²) in [7, 11) is 0. The molecule has 2 aliphatic rings. The molecule has 2 aromatic carbocycles. The van der Waals surface area contributed by atoms with Crippen LogP contribution in [-0.2, 0) is 0 Å². The molecule has 30 heavy (non-hydrogen) atoms. The van der Waals surface area contributed by atoms with Gasteiger partial charge in [0.05, 0.1) is 22.2 Å². The standard InChI is InChI=1S/C24H12FN5/c1-13-5-6-14-7-15(9-26)16(10-27)8-20(14)30-24-21(13)18-3-2-4-19(25)23(18)22(24)17(11-28)12-29/h2-4,6-8,13H,5H2,1H3/b14-6+,30-20-. The van der Waals surface area contributed by atoms with E-state index in [9.17, 15) is 25.4 Å². The fourth-order valence-corrected chi connectivity index (χ4v) is 3.97. The topological polar surface area (TPSA) is 108 Å². The third kappa shape index (κ3) is 2.68. The molecule has 4 rings (SSSR count). The zero-order valence-electron chi connectivity index (χ0n) is 15.9. The van der Waals surface area contributed by atoms with Crippen molar-refractivity contribution in [1.82, 2.24) is 0 Å². The summed E-state index contributed by atoms with van der Waals surface area (Å²) in [5.74, 6) is -0.601. The summed E-state index contributed by atoms with van der Waals surface area (Å²) in [6, 6.07) is 15.5. The van der Waals surface area contributed by atoms with E-state index in [-0.39, 0.29) is 33.8 Å². The molecule has 1 heterocycles. The zero-order chi connectivity index (χ0) is 21.4. The van der Waals surface area contributed by atoms with Crippen molar-refractivity contribution in [2.24, 2.45) is 10.9 Å². The van der Waals surface area contributed by atoms with Gasteiger partial charge in [0.15, 0.2) is 0 Å². The van der Waals surface area contributed by atoms with Gasteiger partial charge < -0.3 is 0 Å². The number of rotatable bonds is 0. The maximum absolute atomic E-state index is 14.8. The molecule has 0 aromatic heterocycles. The quantitative estimate of drug-likeness (QED) is 0.645. The number of nitriles is 4. The van der Waals surface area contributed by atoms with Crippen molar-refractivity contribution in [3.05, 3.63) is 80.2 Å². The van der Waals surface area contributed by atoms with Gasteiger partial charge in [-0.3, -0.25) is 0 Å². The van der Waals surface area contributed by atoms with E-state index in [1.807, 2.05) is 37.3 Å². The Hall–Kier alpha value is -4.52. The van der Waals surface area contributed by atoms with Crippen molar-refractivity contribution in [3.8, 4) is 24.3 Å². The van der Waals surface area contributed by atoms with Gasteiger partial charge in [-0.05, 0) is 46.9 Å². The van der Waals surface area contributed by atoms with Gasteiger partial charge in [0.2, 0.25) is 0 Å². The maximum Gasteiger partial charge on any atom is 0.139 e. The molecular formula is C24H12FN5. The number of hydrogen-bond acceptors (Lipinski definition) is 5. The Bertz CT molecular complexity index is 1460. The molecule has 0 bridgehead atoms. The highest BCUT2D eigenvalue weighted by molar-refractivity contribution is 6.03. The van der Waals surface area contributed by atoms with E-state index in [1.165, 1.54) is 12.1 Å². The largest absolute Gasteiger partial charge is 0.247 e. The molecule has 0 fully saturated rings. The maximum atomic E-state index is 14.8. The lowest BCUT2D eigenvalue weighted by Crippen LogP contribution is -2.27. The highest BCUT2D eigenvalue weighted by atomic mass is 19.1. The summed E-state index contributed by atoms with van der Waals surface area (Å²) in [5.41, 5.74) is 2.32. The minimum atomic E-state index is -0.526. The SMILES string of the molecule is CC1C/C=c2\cc(C#N)c(C#N)c\c2=N\C2=C1c1cccc(F)c1C2=C(C#N)C#N. The van der Waals surface area contributed by atoms with Crippen LogP contribution in [-0.4, -0.2) is 0 Å². The second-order valence-electron chi connectivity index (χ2n) is 7.03. The first-order valence-corrected chi connectivity index (χ1v) is 9.15. The fourth-order valence-electron chi connectivity index (χ4n) is 3.97. The van der Waals surface area contributed by atoms with Gasteiger partial charge >= 0.3 is 0 Å². The van der Waals surface area contributed by atoms with Crippen molar-refractivity contribution >= 4 is 17.2 Å². The van der Waals surface area contributed by atoms with Gasteiger partial charge in [0, 0.05) is 11.1 Å². The molecule has 0 radical (unpaired) electrons. The number of hydrogen-bond donors (Lipinski definition) is 0. The molecule has 6 heteroatoms. The lowest BCUT2D eigenvalue weighted by atomic mass is 9.91. The Morgan fingerprint density at radius 1 is 1.07 bits per heavy atom. The van der Waals surface area contributed by atoms with Crippen LogP contribution in [0.1, 0.15) is 35.6 Å². The molecule has 1 atom stereocenters. The van der Waals surface area contributed by atoms with Crippen LogP contribution in [0.3, 0.4) is 0 Å². The predicted molar refractivity (Wildman–Crippen MR) is 106 cm³/mol. The fraction of sp³-hybridized carbons (Fsp3) is 0.125. The van der Waals surface area contributed by atoms with Crippen molar-refractivity contribution in [1.29, 1.82) is 21.0 Å². The first kappa shape index (κ1) is 18.8. The van der Waals surface area contributed by atoms with E-state index < -0.39 is 5.82 Å². The van der Waals surface area contributed by atoms with Gasteiger partial charge in [-0.2, -0.15) is 21.0 Å². The Labute approximate surface area is 171 Å². The van der Waals surface area contributed by atoms with Gasteiger partial charge in [-0.25, -0.2) is 9.38 Å². The molecule has 0 saturated carbocycles. The Morgan fingerprint density at radius 2 is 1.77 bits per heavy atom. The number of benzene rings is 2. The van der Waals surface area contributed by atoms with Crippen LogP contribution < -0.4 is 10.6 Å². The van der Waals surface area contributed by atoms with Crippen molar-refractivity contribution in [3.63, 3.8) is 0 Å². The first-order valence-electron chi connectivity index (χ1n) is 9.15. The lowest BCUT2D eigenvalue weighted by molar-refractivity contribution is 0.623. The third-order valence-electron chi connectivity index (χ3n) is 5.34. The highest BCUT2D eigenvalue weighted by Gasteiger charge is 2.34. The van der Waals surface area contributed by atoms with Crippen LogP contribution >= 0.6 is 0 Å². The molecule has 0 saturated heterocycles. The number of nitrogens with zero attached hydrogens (tertiary/aromatic N) is 5. The Balaban J connectivity index is 2.18. The van der Waals surface area contributed by atoms with Crippen LogP contribution in [0, 0.1) is 57.1 Å². The average molecular weight is 389 g/mol. The van der Waals surface area contributed by atoms with E-state index in [0.29, 0.717) is 28.3 Å². The molecular weight excluding hydrogens is 377 g/mol. The molecule has 140 valence electrons. The van der Waals surface area contributed by atoms with Crippen LogP contribution in [0.4, 0.5) is 4.39 Å². The normalized spacial score (nSPS) is 18.3. The summed E-state index contributed by atoms with van der Waals surface area (Å²) in [5, 5.41) is 38.9. The lowest BCUT2D eigenvalue weighted by Gasteiger charge is -2.15. The molecule has 0 spiro atoms. The van der Waals surface area contributed by atoms with E-state index in [1.54, 1.807) is 18.2 Å². The van der Waals surface area contributed by atoms with Crippen molar-refractivity contribution < 1.29 is 4.39 Å². The summed E-state index contributed by atoms with van der Waals surface area (Å²) in [4.78, 5) is 4.71. The monoisotopic (exact) mass is 389 g/mol. The zero-order valence-corrected chi connectivity index (χ0v) is 15.9. The van der Waals surface area contributed by atoms with Crippen LogP contribution in [0.25, 0.3) is 17.2 Å². The van der Waals surface area contributed by atoms with Crippen LogP contribution in [0.2, 0.25) is 0 Å². The van der Waals surface area contributed by atoms with Crippen LogP contribution in [0.15, 0.2) is 46.6 Å². The second-order valence-corrected chi connectivity index (χ2v) is 7.03. The van der Waals surface area contributed by atoms with E-state index >= 15 is 0 Å². The van der Waals surface area contributed by atoms with E-state index in [2.05, 4.69) is 0 Å². The van der Waals surface area contributed by atoms with Crippen molar-refractivity contribution in [2.75, 3.05) is 0 Å². The second kappa shape index (κ2) is 7.14.